The standard InChI is InChI=1S/C14H19NO3/c1-18-13-4-2-3-12(10-13)9-11-5-7-15(8-6-11)14(16)17/h2-4,10-11H,5-9H2,1H3,(H,16,17). The molecule has 1 amide bonds. The predicted octanol–water partition coefficient (Wildman–Crippen LogP) is 2.63. The summed E-state index contributed by atoms with van der Waals surface area (Å²) in [7, 11) is 1.67. The third-order valence-corrected chi connectivity index (χ3v) is 3.54. The average Bonchev–Trinajstić information content (AvgIpc) is 2.39. The van der Waals surface area contributed by atoms with E-state index in [4.69, 9.17) is 9.84 Å². The molecule has 1 aromatic rings. The van der Waals surface area contributed by atoms with Crippen molar-refractivity contribution in [1.82, 2.24) is 4.90 Å². The minimum Gasteiger partial charge on any atom is -0.497 e. The lowest BCUT2D eigenvalue weighted by atomic mass is 9.90. The Balaban J connectivity index is 1.89. The van der Waals surface area contributed by atoms with Crippen molar-refractivity contribution in [3.8, 4) is 5.75 Å². The van der Waals surface area contributed by atoms with Gasteiger partial charge in [0.1, 0.15) is 5.75 Å². The molecule has 0 saturated carbocycles. The molecule has 1 aliphatic rings. The smallest absolute Gasteiger partial charge is 0.407 e. The van der Waals surface area contributed by atoms with Crippen LogP contribution in [0.25, 0.3) is 0 Å². The number of amides is 1. The largest absolute Gasteiger partial charge is 0.497 e. The maximum absolute atomic E-state index is 10.8. The van der Waals surface area contributed by atoms with Crippen LogP contribution in [0.1, 0.15) is 18.4 Å². The van der Waals surface area contributed by atoms with Crippen molar-refractivity contribution in [2.45, 2.75) is 19.3 Å². The summed E-state index contributed by atoms with van der Waals surface area (Å²) in [6, 6.07) is 8.10. The molecule has 1 heterocycles. The zero-order valence-electron chi connectivity index (χ0n) is 10.6. The summed E-state index contributed by atoms with van der Waals surface area (Å²) in [6.45, 7) is 1.31. The molecule has 18 heavy (non-hydrogen) atoms. The fourth-order valence-corrected chi connectivity index (χ4v) is 2.46. The van der Waals surface area contributed by atoms with Crippen LogP contribution in [0.5, 0.6) is 5.75 Å². The summed E-state index contributed by atoms with van der Waals surface area (Å²) in [5, 5.41) is 8.89. The van der Waals surface area contributed by atoms with E-state index in [1.54, 1.807) is 7.11 Å². The van der Waals surface area contributed by atoms with Gasteiger partial charge in [0.2, 0.25) is 0 Å². The van der Waals surface area contributed by atoms with Gasteiger partial charge in [0.05, 0.1) is 7.11 Å². The number of nitrogens with zero attached hydrogens (tertiary/aromatic N) is 1. The predicted molar refractivity (Wildman–Crippen MR) is 69.0 cm³/mol. The average molecular weight is 249 g/mol. The van der Waals surface area contributed by atoms with E-state index in [1.807, 2.05) is 12.1 Å². The molecular formula is C14H19NO3. The Morgan fingerprint density at radius 2 is 2.17 bits per heavy atom. The third-order valence-electron chi connectivity index (χ3n) is 3.54. The van der Waals surface area contributed by atoms with Gasteiger partial charge in [0, 0.05) is 13.1 Å². The highest BCUT2D eigenvalue weighted by molar-refractivity contribution is 5.64. The topological polar surface area (TPSA) is 49.8 Å². The molecule has 0 unspecified atom stereocenters. The second kappa shape index (κ2) is 5.76. The Bertz CT molecular complexity index is 411. The SMILES string of the molecule is COc1cccc(CC2CCN(C(=O)O)CC2)c1. The van der Waals surface area contributed by atoms with Crippen LogP contribution >= 0.6 is 0 Å². The number of ether oxygens (including phenoxy) is 1. The van der Waals surface area contributed by atoms with E-state index in [0.717, 1.165) is 25.0 Å². The van der Waals surface area contributed by atoms with Crippen molar-refractivity contribution < 1.29 is 14.6 Å². The van der Waals surface area contributed by atoms with Crippen molar-refractivity contribution in [3.63, 3.8) is 0 Å². The first-order valence-corrected chi connectivity index (χ1v) is 6.30. The molecule has 1 saturated heterocycles. The molecule has 0 atom stereocenters. The molecule has 0 aromatic heterocycles. The normalized spacial score (nSPS) is 16.6. The van der Waals surface area contributed by atoms with Gasteiger partial charge in [-0.25, -0.2) is 4.79 Å². The molecule has 0 radical (unpaired) electrons. The summed E-state index contributed by atoms with van der Waals surface area (Å²) >= 11 is 0. The van der Waals surface area contributed by atoms with E-state index in [9.17, 15) is 4.79 Å². The molecule has 1 aliphatic heterocycles. The zero-order chi connectivity index (χ0) is 13.0. The van der Waals surface area contributed by atoms with Crippen LogP contribution in [0.15, 0.2) is 24.3 Å². The number of carbonyl (C=O) groups is 1. The van der Waals surface area contributed by atoms with Crippen LogP contribution in [0.4, 0.5) is 4.79 Å². The fraction of sp³-hybridized carbons (Fsp3) is 0.500. The molecule has 1 fully saturated rings. The molecule has 0 aliphatic carbocycles. The molecule has 0 spiro atoms. The fourth-order valence-electron chi connectivity index (χ4n) is 2.46. The lowest BCUT2D eigenvalue weighted by Crippen LogP contribution is -2.37. The van der Waals surface area contributed by atoms with E-state index < -0.39 is 6.09 Å². The number of carboxylic acid groups (broad SMARTS) is 1. The monoisotopic (exact) mass is 249 g/mol. The zero-order valence-corrected chi connectivity index (χ0v) is 10.6. The molecule has 1 aromatic carbocycles. The lowest BCUT2D eigenvalue weighted by molar-refractivity contribution is 0.124. The highest BCUT2D eigenvalue weighted by Crippen LogP contribution is 2.23. The number of methoxy groups -OCH3 is 1. The number of rotatable bonds is 3. The quantitative estimate of drug-likeness (QED) is 0.895. The van der Waals surface area contributed by atoms with Gasteiger partial charge in [-0.15, -0.1) is 0 Å². The first kappa shape index (κ1) is 12.7. The summed E-state index contributed by atoms with van der Waals surface area (Å²) in [5.41, 5.74) is 1.27. The van der Waals surface area contributed by atoms with Crippen molar-refractivity contribution in [2.24, 2.45) is 5.92 Å². The summed E-state index contributed by atoms with van der Waals surface area (Å²) in [4.78, 5) is 12.3. The van der Waals surface area contributed by atoms with E-state index in [0.29, 0.717) is 19.0 Å². The number of likely N-dealkylation sites (tertiary alicyclic amines) is 1. The number of hydrogen-bond donors (Lipinski definition) is 1. The van der Waals surface area contributed by atoms with Crippen LogP contribution in [0.2, 0.25) is 0 Å². The van der Waals surface area contributed by atoms with E-state index in [2.05, 4.69) is 12.1 Å². The van der Waals surface area contributed by atoms with Crippen molar-refractivity contribution in [2.75, 3.05) is 20.2 Å². The first-order chi connectivity index (χ1) is 8.69. The highest BCUT2D eigenvalue weighted by Gasteiger charge is 2.22. The summed E-state index contributed by atoms with van der Waals surface area (Å²) < 4.78 is 5.21. The summed E-state index contributed by atoms with van der Waals surface area (Å²) in [5.74, 6) is 1.46. The highest BCUT2D eigenvalue weighted by atomic mass is 16.5. The van der Waals surface area contributed by atoms with Crippen molar-refractivity contribution >= 4 is 6.09 Å². The second-order valence-corrected chi connectivity index (χ2v) is 4.77. The van der Waals surface area contributed by atoms with Crippen LogP contribution in [0.3, 0.4) is 0 Å². The Morgan fingerprint density at radius 1 is 1.44 bits per heavy atom. The molecule has 4 heteroatoms. The van der Waals surface area contributed by atoms with Gasteiger partial charge in [0.15, 0.2) is 0 Å². The van der Waals surface area contributed by atoms with Crippen molar-refractivity contribution in [3.05, 3.63) is 29.8 Å². The van der Waals surface area contributed by atoms with Crippen LogP contribution < -0.4 is 4.74 Å². The van der Waals surface area contributed by atoms with E-state index in [1.165, 1.54) is 10.5 Å². The van der Waals surface area contributed by atoms with Gasteiger partial charge < -0.3 is 14.7 Å². The molecule has 98 valence electrons. The molecule has 0 bridgehead atoms. The van der Waals surface area contributed by atoms with Gasteiger partial charge in [-0.1, -0.05) is 12.1 Å². The van der Waals surface area contributed by atoms with Crippen LogP contribution in [0, 0.1) is 5.92 Å². The van der Waals surface area contributed by atoms with Crippen molar-refractivity contribution in [1.29, 1.82) is 0 Å². The lowest BCUT2D eigenvalue weighted by Gasteiger charge is -2.30. The minimum atomic E-state index is -0.796. The maximum atomic E-state index is 10.8. The third kappa shape index (κ3) is 3.15. The van der Waals surface area contributed by atoms with Gasteiger partial charge in [-0.2, -0.15) is 0 Å². The molecular weight excluding hydrogens is 230 g/mol. The van der Waals surface area contributed by atoms with Gasteiger partial charge in [-0.3, -0.25) is 0 Å². The summed E-state index contributed by atoms with van der Waals surface area (Å²) in [6.07, 6.45) is 2.10. The molecule has 4 nitrogen and oxygen atoms in total. The van der Waals surface area contributed by atoms with Gasteiger partial charge in [0.25, 0.3) is 0 Å². The van der Waals surface area contributed by atoms with E-state index in [-0.39, 0.29) is 0 Å². The van der Waals surface area contributed by atoms with Gasteiger partial charge in [-0.05, 0) is 42.9 Å². The molecule has 1 N–H and O–H groups in total. The Morgan fingerprint density at radius 3 is 2.78 bits per heavy atom. The Kier molecular flexibility index (Phi) is 4.07. The van der Waals surface area contributed by atoms with Crippen LogP contribution in [-0.2, 0) is 6.42 Å². The van der Waals surface area contributed by atoms with E-state index >= 15 is 0 Å². The number of hydrogen-bond acceptors (Lipinski definition) is 2. The number of piperidine rings is 1. The minimum absolute atomic E-state index is 0.577. The van der Waals surface area contributed by atoms with Gasteiger partial charge >= 0.3 is 6.09 Å². The number of benzene rings is 1. The maximum Gasteiger partial charge on any atom is 0.407 e. The Labute approximate surface area is 107 Å². The van der Waals surface area contributed by atoms with Crippen LogP contribution in [-0.4, -0.2) is 36.3 Å². The first-order valence-electron chi connectivity index (χ1n) is 6.30. The Hall–Kier alpha value is -1.71. The second-order valence-electron chi connectivity index (χ2n) is 4.77. The molecule has 2 rings (SSSR count).